The first-order valence-corrected chi connectivity index (χ1v) is 2.78. The van der Waals surface area contributed by atoms with Crippen molar-refractivity contribution < 1.29 is 10.1 Å². The average Bonchev–Trinajstić information content (AvgIpc) is 1.90. The molecule has 1 aromatic carbocycles. The molecule has 0 atom stereocenters. The molecule has 0 amide bonds. The van der Waals surface area contributed by atoms with Crippen LogP contribution in [0.1, 0.15) is 0 Å². The van der Waals surface area contributed by atoms with E-state index in [0.29, 0.717) is 10.8 Å². The lowest BCUT2D eigenvalue weighted by atomic mass is 10.3. The number of benzene rings is 1. The van der Waals surface area contributed by atoms with Gasteiger partial charge >= 0.3 is 0 Å². The first-order chi connectivity index (χ1) is 4.33. The Morgan fingerprint density at radius 2 is 1.78 bits per heavy atom. The van der Waals surface area contributed by atoms with E-state index in [9.17, 15) is 0 Å². The second kappa shape index (κ2) is 2.71. The average molecular weight is 145 g/mol. The third-order valence-corrected chi connectivity index (χ3v) is 1.17. The quantitative estimate of drug-likeness (QED) is 0.484. The third-order valence-electron chi connectivity index (χ3n) is 0.919. The van der Waals surface area contributed by atoms with E-state index in [1.807, 2.05) is 0 Å². The lowest BCUT2D eigenvalue weighted by molar-refractivity contribution is -0.137. The summed E-state index contributed by atoms with van der Waals surface area (Å²) in [5.41, 5.74) is 0. The molecule has 0 bridgehead atoms. The van der Waals surface area contributed by atoms with E-state index in [2.05, 4.69) is 4.89 Å². The van der Waals surface area contributed by atoms with Gasteiger partial charge in [-0.1, -0.05) is 11.6 Å². The Hall–Kier alpha value is -0.730. The van der Waals surface area contributed by atoms with Gasteiger partial charge in [-0.05, 0) is 24.3 Å². The number of halogens is 1. The van der Waals surface area contributed by atoms with E-state index < -0.39 is 0 Å². The van der Waals surface area contributed by atoms with Crippen molar-refractivity contribution in [3.8, 4) is 5.75 Å². The van der Waals surface area contributed by atoms with Gasteiger partial charge in [0.1, 0.15) is 0 Å². The maximum Gasteiger partial charge on any atom is 0.165 e. The molecule has 0 saturated carbocycles. The summed E-state index contributed by atoms with van der Waals surface area (Å²) in [6.45, 7) is 0. The summed E-state index contributed by atoms with van der Waals surface area (Å²) >= 11 is 5.53. The van der Waals surface area contributed by atoms with Crippen molar-refractivity contribution in [2.75, 3.05) is 0 Å². The summed E-state index contributed by atoms with van der Waals surface area (Å²) in [5, 5.41) is 8.71. The molecule has 0 aliphatic rings. The van der Waals surface area contributed by atoms with Gasteiger partial charge in [0.25, 0.3) is 0 Å². The van der Waals surface area contributed by atoms with Crippen LogP contribution in [-0.2, 0) is 0 Å². The molecule has 3 heteroatoms. The molecule has 0 aromatic heterocycles. The van der Waals surface area contributed by atoms with Crippen LogP contribution in [0.3, 0.4) is 0 Å². The van der Waals surface area contributed by atoms with Crippen LogP contribution < -0.4 is 4.89 Å². The Labute approximate surface area is 57.6 Å². The van der Waals surface area contributed by atoms with E-state index in [4.69, 9.17) is 16.9 Å². The van der Waals surface area contributed by atoms with Crippen LogP contribution in [0.25, 0.3) is 0 Å². The normalized spacial score (nSPS) is 9.11. The number of rotatable bonds is 1. The van der Waals surface area contributed by atoms with Gasteiger partial charge in [-0.25, -0.2) is 5.26 Å². The summed E-state index contributed by atoms with van der Waals surface area (Å²) in [5.74, 6) is 0.388. The lowest BCUT2D eigenvalue weighted by Crippen LogP contribution is -1.80. The van der Waals surface area contributed by atoms with Crippen LogP contribution in [0, 0.1) is 0 Å². The molecule has 0 saturated heterocycles. The van der Waals surface area contributed by atoms with Gasteiger partial charge in [-0.2, -0.15) is 0 Å². The molecule has 2 nitrogen and oxygen atoms in total. The van der Waals surface area contributed by atoms with Crippen LogP contribution in [-0.4, -0.2) is 5.26 Å². The zero-order valence-electron chi connectivity index (χ0n) is 4.54. The van der Waals surface area contributed by atoms with Crippen LogP contribution in [0.15, 0.2) is 24.3 Å². The molecule has 48 valence electrons. The van der Waals surface area contributed by atoms with Gasteiger partial charge in [-0.3, -0.25) is 0 Å². The molecule has 9 heavy (non-hydrogen) atoms. The zero-order valence-corrected chi connectivity index (χ0v) is 5.30. The molecule has 1 rings (SSSR count). The predicted molar refractivity (Wildman–Crippen MR) is 34.7 cm³/mol. The fourth-order valence-electron chi connectivity index (χ4n) is 0.495. The van der Waals surface area contributed by atoms with Crippen LogP contribution in [0.4, 0.5) is 0 Å². The van der Waals surface area contributed by atoms with E-state index in [0.717, 1.165) is 0 Å². The highest BCUT2D eigenvalue weighted by molar-refractivity contribution is 6.30. The van der Waals surface area contributed by atoms with Crippen molar-refractivity contribution in [1.82, 2.24) is 0 Å². The Bertz CT molecular complexity index is 183. The van der Waals surface area contributed by atoms with Crippen molar-refractivity contribution in [3.63, 3.8) is 0 Å². The monoisotopic (exact) mass is 144 g/mol. The first kappa shape index (κ1) is 6.39. The van der Waals surface area contributed by atoms with Gasteiger partial charge in [0.05, 0.1) is 0 Å². The minimum atomic E-state index is 0.388. The van der Waals surface area contributed by atoms with E-state index in [1.54, 1.807) is 24.3 Å². The topological polar surface area (TPSA) is 29.5 Å². The molecule has 1 N–H and O–H groups in total. The van der Waals surface area contributed by atoms with Crippen LogP contribution in [0.5, 0.6) is 5.75 Å². The standard InChI is InChI=1S/C6H5ClO2/c7-5-1-3-6(9-8)4-2-5/h1-4,8H. The van der Waals surface area contributed by atoms with Crippen molar-refractivity contribution in [2.45, 2.75) is 0 Å². The SMILES string of the molecule is OOc1ccc(Cl)cc1. The molecule has 0 aliphatic carbocycles. The number of hydrogen-bond donors (Lipinski definition) is 1. The second-order valence-electron chi connectivity index (χ2n) is 1.55. The predicted octanol–water partition coefficient (Wildman–Crippen LogP) is 2.19. The Kier molecular flexibility index (Phi) is 1.92. The van der Waals surface area contributed by atoms with Crippen molar-refractivity contribution in [2.24, 2.45) is 0 Å². The second-order valence-corrected chi connectivity index (χ2v) is 1.98. The van der Waals surface area contributed by atoms with Gasteiger partial charge in [0, 0.05) is 5.02 Å². The minimum absolute atomic E-state index is 0.388. The smallest absolute Gasteiger partial charge is 0.165 e. The fraction of sp³-hybridized carbons (Fsp3) is 0. The Balaban J connectivity index is 2.88. The largest absolute Gasteiger partial charge is 0.340 e. The van der Waals surface area contributed by atoms with Gasteiger partial charge in [-0.15, -0.1) is 0 Å². The van der Waals surface area contributed by atoms with Gasteiger partial charge in [0.2, 0.25) is 0 Å². The molecule has 0 spiro atoms. The summed E-state index contributed by atoms with van der Waals surface area (Å²) in [6.07, 6.45) is 0. The third kappa shape index (κ3) is 1.59. The number of hydrogen-bond acceptors (Lipinski definition) is 2. The van der Waals surface area contributed by atoms with Crippen LogP contribution >= 0.6 is 11.6 Å². The highest BCUT2D eigenvalue weighted by atomic mass is 35.5. The van der Waals surface area contributed by atoms with Crippen molar-refractivity contribution >= 4 is 11.6 Å². The molecule has 0 unspecified atom stereocenters. The molecule has 1 aromatic rings. The van der Waals surface area contributed by atoms with Crippen molar-refractivity contribution in [1.29, 1.82) is 0 Å². The van der Waals surface area contributed by atoms with E-state index in [1.165, 1.54) is 0 Å². The summed E-state index contributed by atoms with van der Waals surface area (Å²) < 4.78 is 0. The Morgan fingerprint density at radius 1 is 1.22 bits per heavy atom. The Morgan fingerprint density at radius 3 is 2.22 bits per heavy atom. The summed E-state index contributed by atoms with van der Waals surface area (Å²) in [7, 11) is 0. The highest BCUT2D eigenvalue weighted by Gasteiger charge is 1.89. The van der Waals surface area contributed by atoms with Crippen LogP contribution in [0.2, 0.25) is 5.02 Å². The van der Waals surface area contributed by atoms with E-state index in [-0.39, 0.29) is 0 Å². The summed E-state index contributed by atoms with van der Waals surface area (Å²) in [6, 6.07) is 6.41. The van der Waals surface area contributed by atoms with Gasteiger partial charge in [0.15, 0.2) is 5.75 Å². The first-order valence-electron chi connectivity index (χ1n) is 2.40. The molecular formula is C6H5ClO2. The maximum atomic E-state index is 8.09. The molecule has 0 radical (unpaired) electrons. The minimum Gasteiger partial charge on any atom is -0.340 e. The molecule has 0 heterocycles. The fourth-order valence-corrected chi connectivity index (χ4v) is 0.621. The lowest BCUT2D eigenvalue weighted by Gasteiger charge is -1.93. The highest BCUT2D eigenvalue weighted by Crippen LogP contribution is 2.14. The zero-order chi connectivity index (χ0) is 6.69. The van der Waals surface area contributed by atoms with Gasteiger partial charge < -0.3 is 4.89 Å². The summed E-state index contributed by atoms with van der Waals surface area (Å²) in [4.78, 5) is 3.91. The molecule has 0 fully saturated rings. The van der Waals surface area contributed by atoms with Crippen molar-refractivity contribution in [3.05, 3.63) is 29.3 Å². The maximum absolute atomic E-state index is 8.09. The molecule has 0 aliphatic heterocycles. The van der Waals surface area contributed by atoms with E-state index >= 15 is 0 Å². The molecular weight excluding hydrogens is 140 g/mol.